The zero-order chi connectivity index (χ0) is 9.97. The maximum atomic E-state index is 5.48. The van der Waals surface area contributed by atoms with E-state index in [0.717, 1.165) is 24.8 Å². The van der Waals surface area contributed by atoms with Crippen LogP contribution in [0.15, 0.2) is 16.7 Å². The van der Waals surface area contributed by atoms with Crippen LogP contribution in [-0.2, 0) is 13.0 Å². The molecule has 1 aliphatic rings. The van der Waals surface area contributed by atoms with Crippen molar-refractivity contribution < 1.29 is 4.42 Å². The van der Waals surface area contributed by atoms with Gasteiger partial charge in [0.25, 0.3) is 0 Å². The van der Waals surface area contributed by atoms with Crippen LogP contribution in [-0.4, -0.2) is 6.04 Å². The Hall–Kier alpha value is -0.760. The molecule has 0 unspecified atom stereocenters. The van der Waals surface area contributed by atoms with Gasteiger partial charge in [-0.15, -0.1) is 0 Å². The SMILES string of the molecule is CC(C)Cc1ccoc1CNC1CC1. The van der Waals surface area contributed by atoms with Gasteiger partial charge >= 0.3 is 0 Å². The Morgan fingerprint density at radius 1 is 1.50 bits per heavy atom. The Bertz CT molecular complexity index is 286. The second-order valence-electron chi connectivity index (χ2n) is 4.62. The highest BCUT2D eigenvalue weighted by Gasteiger charge is 2.21. The number of nitrogens with one attached hydrogen (secondary N) is 1. The molecule has 1 aromatic heterocycles. The van der Waals surface area contributed by atoms with Gasteiger partial charge in [0.1, 0.15) is 5.76 Å². The summed E-state index contributed by atoms with van der Waals surface area (Å²) in [6.07, 6.45) is 5.60. The lowest BCUT2D eigenvalue weighted by Crippen LogP contribution is -2.16. The van der Waals surface area contributed by atoms with Gasteiger partial charge in [0.2, 0.25) is 0 Å². The fourth-order valence-corrected chi connectivity index (χ4v) is 1.67. The molecule has 14 heavy (non-hydrogen) atoms. The van der Waals surface area contributed by atoms with Crippen LogP contribution in [0.25, 0.3) is 0 Å². The lowest BCUT2D eigenvalue weighted by molar-refractivity contribution is 0.473. The fraction of sp³-hybridized carbons (Fsp3) is 0.667. The molecule has 2 nitrogen and oxygen atoms in total. The number of rotatable bonds is 5. The second kappa shape index (κ2) is 4.18. The zero-order valence-corrected chi connectivity index (χ0v) is 9.05. The van der Waals surface area contributed by atoms with E-state index in [9.17, 15) is 0 Å². The average molecular weight is 193 g/mol. The van der Waals surface area contributed by atoms with Crippen molar-refractivity contribution in [3.63, 3.8) is 0 Å². The van der Waals surface area contributed by atoms with Crippen molar-refractivity contribution in [2.24, 2.45) is 5.92 Å². The first-order valence-electron chi connectivity index (χ1n) is 5.54. The van der Waals surface area contributed by atoms with Crippen molar-refractivity contribution in [3.05, 3.63) is 23.7 Å². The average Bonchev–Trinajstić information content (AvgIpc) is 2.85. The molecular formula is C12H19NO. The van der Waals surface area contributed by atoms with E-state index in [1.807, 2.05) is 6.26 Å². The van der Waals surface area contributed by atoms with Gasteiger partial charge in [-0.05, 0) is 36.8 Å². The van der Waals surface area contributed by atoms with Crippen LogP contribution >= 0.6 is 0 Å². The first-order chi connectivity index (χ1) is 6.75. The van der Waals surface area contributed by atoms with Gasteiger partial charge in [-0.2, -0.15) is 0 Å². The topological polar surface area (TPSA) is 25.2 Å². The molecule has 1 heterocycles. The highest BCUT2D eigenvalue weighted by atomic mass is 16.3. The van der Waals surface area contributed by atoms with Gasteiger partial charge in [-0.1, -0.05) is 13.8 Å². The third-order valence-electron chi connectivity index (χ3n) is 2.59. The lowest BCUT2D eigenvalue weighted by Gasteiger charge is -2.05. The predicted molar refractivity (Wildman–Crippen MR) is 57.1 cm³/mol. The van der Waals surface area contributed by atoms with Crippen LogP contribution in [0.1, 0.15) is 38.0 Å². The van der Waals surface area contributed by atoms with Crippen LogP contribution in [0.3, 0.4) is 0 Å². The third-order valence-corrected chi connectivity index (χ3v) is 2.59. The van der Waals surface area contributed by atoms with Crippen molar-refractivity contribution in [1.29, 1.82) is 0 Å². The zero-order valence-electron chi connectivity index (χ0n) is 9.05. The van der Waals surface area contributed by atoms with Gasteiger partial charge in [0.15, 0.2) is 0 Å². The molecular weight excluding hydrogens is 174 g/mol. The molecule has 0 spiro atoms. The molecule has 1 fully saturated rings. The molecule has 0 aromatic carbocycles. The number of furan rings is 1. The molecule has 0 radical (unpaired) electrons. The molecule has 2 heteroatoms. The van der Waals surface area contributed by atoms with Crippen molar-refractivity contribution in [1.82, 2.24) is 5.32 Å². The Labute approximate surface area is 85.7 Å². The Morgan fingerprint density at radius 2 is 2.29 bits per heavy atom. The van der Waals surface area contributed by atoms with Gasteiger partial charge in [0.05, 0.1) is 12.8 Å². The molecule has 1 N–H and O–H groups in total. The maximum Gasteiger partial charge on any atom is 0.120 e. The van der Waals surface area contributed by atoms with Gasteiger partial charge in [-0.3, -0.25) is 0 Å². The van der Waals surface area contributed by atoms with Crippen LogP contribution < -0.4 is 5.32 Å². The largest absolute Gasteiger partial charge is 0.468 e. The van der Waals surface area contributed by atoms with E-state index in [0.29, 0.717) is 5.92 Å². The van der Waals surface area contributed by atoms with Crippen LogP contribution in [0.4, 0.5) is 0 Å². The summed E-state index contributed by atoms with van der Waals surface area (Å²) in [5.41, 5.74) is 1.37. The molecule has 2 rings (SSSR count). The summed E-state index contributed by atoms with van der Waals surface area (Å²) in [7, 11) is 0. The van der Waals surface area contributed by atoms with Gasteiger partial charge in [0, 0.05) is 6.04 Å². The van der Waals surface area contributed by atoms with Crippen molar-refractivity contribution in [3.8, 4) is 0 Å². The lowest BCUT2D eigenvalue weighted by atomic mass is 10.0. The highest BCUT2D eigenvalue weighted by molar-refractivity contribution is 5.17. The van der Waals surface area contributed by atoms with E-state index in [2.05, 4.69) is 25.2 Å². The molecule has 0 aliphatic heterocycles. The van der Waals surface area contributed by atoms with E-state index in [-0.39, 0.29) is 0 Å². The number of hydrogen-bond acceptors (Lipinski definition) is 2. The molecule has 1 saturated carbocycles. The summed E-state index contributed by atoms with van der Waals surface area (Å²) in [5, 5.41) is 3.48. The van der Waals surface area contributed by atoms with Crippen molar-refractivity contribution in [2.75, 3.05) is 0 Å². The van der Waals surface area contributed by atoms with Gasteiger partial charge < -0.3 is 9.73 Å². The Balaban J connectivity index is 1.90. The molecule has 0 atom stereocenters. The monoisotopic (exact) mass is 193 g/mol. The predicted octanol–water partition coefficient (Wildman–Crippen LogP) is 2.73. The van der Waals surface area contributed by atoms with E-state index in [1.165, 1.54) is 18.4 Å². The van der Waals surface area contributed by atoms with Gasteiger partial charge in [-0.25, -0.2) is 0 Å². The van der Waals surface area contributed by atoms with E-state index in [1.54, 1.807) is 0 Å². The molecule has 1 aliphatic carbocycles. The summed E-state index contributed by atoms with van der Waals surface area (Å²) in [4.78, 5) is 0. The minimum absolute atomic E-state index is 0.701. The van der Waals surface area contributed by atoms with E-state index in [4.69, 9.17) is 4.42 Å². The van der Waals surface area contributed by atoms with Crippen LogP contribution in [0.5, 0.6) is 0 Å². The van der Waals surface area contributed by atoms with Crippen LogP contribution in [0, 0.1) is 5.92 Å². The Morgan fingerprint density at radius 3 is 2.93 bits per heavy atom. The standard InChI is InChI=1S/C12H19NO/c1-9(2)7-10-5-6-14-12(10)8-13-11-3-4-11/h5-6,9,11,13H,3-4,7-8H2,1-2H3. The normalized spacial score (nSPS) is 16.5. The molecule has 78 valence electrons. The summed E-state index contributed by atoms with van der Waals surface area (Å²) < 4.78 is 5.48. The molecule has 0 amide bonds. The first-order valence-corrected chi connectivity index (χ1v) is 5.54. The quantitative estimate of drug-likeness (QED) is 0.777. The second-order valence-corrected chi connectivity index (χ2v) is 4.62. The summed E-state index contributed by atoms with van der Waals surface area (Å²) in [5.74, 6) is 1.83. The molecule has 1 aromatic rings. The van der Waals surface area contributed by atoms with E-state index < -0.39 is 0 Å². The Kier molecular flexibility index (Phi) is 2.92. The highest BCUT2D eigenvalue weighted by Crippen LogP contribution is 2.21. The molecule has 0 bridgehead atoms. The minimum Gasteiger partial charge on any atom is -0.468 e. The maximum absolute atomic E-state index is 5.48. The molecule has 0 saturated heterocycles. The minimum atomic E-state index is 0.701. The van der Waals surface area contributed by atoms with Crippen LogP contribution in [0.2, 0.25) is 0 Å². The number of hydrogen-bond donors (Lipinski definition) is 1. The van der Waals surface area contributed by atoms with Crippen molar-refractivity contribution >= 4 is 0 Å². The summed E-state index contributed by atoms with van der Waals surface area (Å²) in [6.45, 7) is 5.38. The third kappa shape index (κ3) is 2.61. The smallest absolute Gasteiger partial charge is 0.120 e. The summed E-state index contributed by atoms with van der Waals surface area (Å²) in [6, 6.07) is 2.86. The van der Waals surface area contributed by atoms with Crippen molar-refractivity contribution in [2.45, 2.75) is 45.7 Å². The summed E-state index contributed by atoms with van der Waals surface area (Å²) >= 11 is 0. The van der Waals surface area contributed by atoms with E-state index >= 15 is 0 Å². The first kappa shape index (κ1) is 9.78. The fourth-order valence-electron chi connectivity index (χ4n) is 1.67.